The van der Waals surface area contributed by atoms with E-state index in [0.29, 0.717) is 5.56 Å². The monoisotopic (exact) mass is 1030 g/mol. The Balaban J connectivity index is 1.46. The fourth-order valence-corrected chi connectivity index (χ4v) is 8.79. The minimum atomic E-state index is -2.61. The minimum absolute atomic E-state index is 0.0302. The summed E-state index contributed by atoms with van der Waals surface area (Å²) in [5, 5.41) is 12.3. The number of amides is 1. The highest BCUT2D eigenvalue weighted by molar-refractivity contribution is 6.74. The number of hydrogen-bond donors (Lipinski definition) is 1. The van der Waals surface area contributed by atoms with Gasteiger partial charge in [-0.15, -0.1) is 0 Å². The predicted molar refractivity (Wildman–Crippen MR) is 263 cm³/mol. The molecule has 2 heterocycles. The molecule has 0 spiro atoms. The third kappa shape index (κ3) is 15.1. The molecule has 4 aromatic rings. The summed E-state index contributed by atoms with van der Waals surface area (Å²) in [5.74, 6) is -4.89. The van der Waals surface area contributed by atoms with Crippen molar-refractivity contribution in [3.05, 3.63) is 144 Å². The number of piperidine rings is 1. The zero-order chi connectivity index (χ0) is 52.9. The molecule has 19 heteroatoms. The maximum Gasteiger partial charge on any atom is 0.410 e. The Morgan fingerprint density at radius 1 is 0.630 bits per heavy atom. The summed E-state index contributed by atoms with van der Waals surface area (Å²) < 4.78 is 55.4. The molecule has 1 amide bonds. The van der Waals surface area contributed by atoms with Gasteiger partial charge in [-0.05, 0) is 67.0 Å². The van der Waals surface area contributed by atoms with Crippen LogP contribution in [0.5, 0.6) is 0 Å². The van der Waals surface area contributed by atoms with Crippen LogP contribution in [0.3, 0.4) is 0 Å². The van der Waals surface area contributed by atoms with E-state index in [4.69, 9.17) is 42.3 Å². The zero-order valence-corrected chi connectivity index (χ0v) is 42.9. The molecule has 2 aliphatic rings. The van der Waals surface area contributed by atoms with E-state index in [1.165, 1.54) is 48.2 Å². The number of hydrogen-bond acceptors (Lipinski definition) is 17. The molecule has 18 nitrogen and oxygen atoms in total. The molecule has 0 saturated carbocycles. The maximum atomic E-state index is 14.2. The quantitative estimate of drug-likeness (QED) is 0.0565. The Bertz CT molecular complexity index is 2510. The third-order valence-corrected chi connectivity index (χ3v) is 17.3. The molecule has 390 valence electrons. The molecule has 0 radical (unpaired) electrons. The SMILES string of the molecule is CC(=O)CCC(=O)O[C@H]1[C@@H](OC(=O)c2ccccc2)[C@@H](COC(=O)c2ccccc2)O[C@@H](O[C@H]2[C@H](O)[C@@H](CO[Si](C)(C)C(C)(C)C)N(C(=O)OCc3ccccc3)C[C@@H]2OC(C)=O)[C@@H]1OC(=O)c1ccccc1. The second kappa shape index (κ2) is 25.3. The maximum absolute atomic E-state index is 14.2. The van der Waals surface area contributed by atoms with Crippen LogP contribution in [0.1, 0.15) is 84.1 Å². The fourth-order valence-electron chi connectivity index (χ4n) is 7.77. The third-order valence-electron chi connectivity index (χ3n) is 12.8. The highest BCUT2D eigenvalue weighted by Gasteiger charge is 2.57. The number of rotatable bonds is 19. The van der Waals surface area contributed by atoms with Crippen LogP contribution < -0.4 is 0 Å². The van der Waals surface area contributed by atoms with Crippen LogP contribution in [-0.2, 0) is 63.3 Å². The van der Waals surface area contributed by atoms with Gasteiger partial charge in [0.2, 0.25) is 0 Å². The Morgan fingerprint density at radius 3 is 1.67 bits per heavy atom. The molecular formula is C54H63NO17Si. The summed E-state index contributed by atoms with van der Waals surface area (Å²) in [5.41, 5.74) is 0.924. The molecule has 2 saturated heterocycles. The van der Waals surface area contributed by atoms with Gasteiger partial charge in [0.05, 0.1) is 42.3 Å². The molecule has 1 N–H and O–H groups in total. The average Bonchev–Trinajstić information content (AvgIpc) is 3.37. The minimum Gasteiger partial charge on any atom is -0.459 e. The molecule has 2 aliphatic heterocycles. The number of carbonyl (C=O) groups is 7. The Kier molecular flexibility index (Phi) is 19.2. The number of aliphatic hydroxyl groups excluding tert-OH is 1. The van der Waals surface area contributed by atoms with Gasteiger partial charge in [0.1, 0.15) is 43.4 Å². The first-order valence-electron chi connectivity index (χ1n) is 23.9. The first-order chi connectivity index (χ1) is 34.7. The molecular weight excluding hydrogens is 963 g/mol. The Morgan fingerprint density at radius 2 is 1.15 bits per heavy atom. The van der Waals surface area contributed by atoms with Gasteiger partial charge in [-0.25, -0.2) is 19.2 Å². The average molecular weight is 1030 g/mol. The standard InChI is InChI=1S/C54H63NO17Si/c1-34(56)28-29-43(58)69-47-46(70-50(61)38-24-16-10-17-25-38)42(33-64-49(60)37-22-14-9-15-23-37)68-52(48(47)71-51(62)39-26-18-11-19-27-39)72-45-41(67-35(2)57)30-55(53(63)65-31-36-20-12-8-13-21-36)40(44(45)59)32-66-73(6,7)54(3,4)5/h8-27,40-42,44-48,52,59H,28-33H2,1-7H3/t40-,41+,42-,44-,45-,46+,47+,48-,52+/m1/s1. The van der Waals surface area contributed by atoms with E-state index in [9.17, 15) is 38.7 Å². The number of ketones is 1. The summed E-state index contributed by atoms with van der Waals surface area (Å²) in [7, 11) is -2.61. The van der Waals surface area contributed by atoms with Gasteiger partial charge in [-0.2, -0.15) is 0 Å². The number of benzene rings is 4. The van der Waals surface area contributed by atoms with Crippen LogP contribution >= 0.6 is 0 Å². The number of carbonyl (C=O) groups excluding carboxylic acids is 7. The predicted octanol–water partition coefficient (Wildman–Crippen LogP) is 7.02. The molecule has 6 rings (SSSR count). The first kappa shape index (κ1) is 55.5. The van der Waals surface area contributed by atoms with Crippen molar-refractivity contribution >= 4 is 50.0 Å². The summed E-state index contributed by atoms with van der Waals surface area (Å²) in [6.45, 7) is 10.9. The molecule has 0 bridgehead atoms. The van der Waals surface area contributed by atoms with Crippen molar-refractivity contribution in [2.75, 3.05) is 19.8 Å². The van der Waals surface area contributed by atoms with E-state index >= 15 is 0 Å². The van der Waals surface area contributed by atoms with Crippen LogP contribution in [0.25, 0.3) is 0 Å². The van der Waals surface area contributed by atoms with Gasteiger partial charge in [0.15, 0.2) is 32.9 Å². The van der Waals surface area contributed by atoms with Crippen LogP contribution in [0.15, 0.2) is 121 Å². The topological polar surface area (TPSA) is 226 Å². The summed E-state index contributed by atoms with van der Waals surface area (Å²) >= 11 is 0. The van der Waals surface area contributed by atoms with Gasteiger partial charge >= 0.3 is 35.9 Å². The summed E-state index contributed by atoms with van der Waals surface area (Å²) in [4.78, 5) is 95.9. The van der Waals surface area contributed by atoms with E-state index in [1.807, 2.05) is 39.9 Å². The van der Waals surface area contributed by atoms with Gasteiger partial charge < -0.3 is 52.2 Å². The number of nitrogens with zero attached hydrogens (tertiary/aromatic N) is 1. The Hall–Kier alpha value is -6.77. The molecule has 0 aliphatic carbocycles. The lowest BCUT2D eigenvalue weighted by Crippen LogP contribution is -2.69. The second-order valence-electron chi connectivity index (χ2n) is 19.2. The lowest BCUT2D eigenvalue weighted by Gasteiger charge is -2.49. The number of esters is 5. The lowest BCUT2D eigenvalue weighted by atomic mass is 9.93. The smallest absolute Gasteiger partial charge is 0.410 e. The van der Waals surface area contributed by atoms with Gasteiger partial charge in [0, 0.05) is 13.3 Å². The number of Topliss-reactive ketones (excluding diaryl/α,β-unsaturated/α-hetero) is 1. The number of ether oxygens (including phenoxy) is 8. The second-order valence-corrected chi connectivity index (χ2v) is 24.0. The fraction of sp³-hybridized carbons (Fsp3) is 0.426. The van der Waals surface area contributed by atoms with Crippen LogP contribution in [0.2, 0.25) is 18.1 Å². The molecule has 0 unspecified atom stereocenters. The van der Waals surface area contributed by atoms with E-state index in [2.05, 4.69) is 0 Å². The van der Waals surface area contributed by atoms with E-state index in [0.717, 1.165) is 6.92 Å². The lowest BCUT2D eigenvalue weighted by molar-refractivity contribution is -0.329. The van der Waals surface area contributed by atoms with E-state index in [1.54, 1.807) is 78.9 Å². The molecule has 4 aromatic carbocycles. The largest absolute Gasteiger partial charge is 0.459 e. The highest BCUT2D eigenvalue weighted by atomic mass is 28.4. The first-order valence-corrected chi connectivity index (χ1v) is 26.8. The van der Waals surface area contributed by atoms with Gasteiger partial charge in [-0.3, -0.25) is 14.5 Å². The van der Waals surface area contributed by atoms with Crippen molar-refractivity contribution in [2.45, 2.75) is 127 Å². The highest BCUT2D eigenvalue weighted by Crippen LogP contribution is 2.39. The summed E-state index contributed by atoms with van der Waals surface area (Å²) in [6.07, 6.45) is -15.4. The van der Waals surface area contributed by atoms with E-state index in [-0.39, 0.29) is 47.1 Å². The normalized spacial score (nSPS) is 23.0. The van der Waals surface area contributed by atoms with Crippen molar-refractivity contribution in [3.63, 3.8) is 0 Å². The van der Waals surface area contributed by atoms with E-state index < -0.39 is 119 Å². The number of aliphatic hydroxyl groups is 1. The van der Waals surface area contributed by atoms with Gasteiger partial charge in [-0.1, -0.05) is 106 Å². The van der Waals surface area contributed by atoms with Crippen molar-refractivity contribution < 1.29 is 81.0 Å². The van der Waals surface area contributed by atoms with Gasteiger partial charge in [0.25, 0.3) is 0 Å². The molecule has 9 atom stereocenters. The number of likely N-dealkylation sites (tertiary alicyclic amines) is 1. The van der Waals surface area contributed by atoms with Crippen molar-refractivity contribution in [3.8, 4) is 0 Å². The molecule has 2 fully saturated rings. The van der Waals surface area contributed by atoms with Crippen molar-refractivity contribution in [1.29, 1.82) is 0 Å². The van der Waals surface area contributed by atoms with Crippen LogP contribution in [-0.4, -0.2) is 135 Å². The van der Waals surface area contributed by atoms with Crippen molar-refractivity contribution in [2.24, 2.45) is 0 Å². The van der Waals surface area contributed by atoms with Crippen LogP contribution in [0.4, 0.5) is 4.79 Å². The Labute approximate surface area is 425 Å². The molecule has 0 aromatic heterocycles. The summed E-state index contributed by atoms with van der Waals surface area (Å²) in [6, 6.07) is 31.1. The zero-order valence-electron chi connectivity index (χ0n) is 41.9. The van der Waals surface area contributed by atoms with Crippen molar-refractivity contribution in [1.82, 2.24) is 4.90 Å². The van der Waals surface area contributed by atoms with Crippen LogP contribution in [0, 0.1) is 0 Å². The molecule has 73 heavy (non-hydrogen) atoms.